The van der Waals surface area contributed by atoms with E-state index < -0.39 is 15.9 Å². The zero-order valence-electron chi connectivity index (χ0n) is 8.17. The lowest BCUT2D eigenvalue weighted by atomic mass is 10.2. The van der Waals surface area contributed by atoms with E-state index in [1.807, 2.05) is 4.72 Å². The van der Waals surface area contributed by atoms with Crippen molar-refractivity contribution in [2.75, 3.05) is 6.26 Å². The van der Waals surface area contributed by atoms with Gasteiger partial charge in [-0.2, -0.15) is 0 Å². The number of hydrogen-bond acceptors (Lipinski definition) is 2. The summed E-state index contributed by atoms with van der Waals surface area (Å²) in [6.45, 7) is 0. The van der Waals surface area contributed by atoms with Gasteiger partial charge in [0.1, 0.15) is 5.83 Å². The van der Waals surface area contributed by atoms with Crippen LogP contribution in [0.15, 0.2) is 28.9 Å². The molecule has 0 bridgehead atoms. The summed E-state index contributed by atoms with van der Waals surface area (Å²) in [5.41, 5.74) is 0.184. The molecule has 0 saturated carbocycles. The van der Waals surface area contributed by atoms with Gasteiger partial charge in [-0.05, 0) is 18.2 Å². The molecule has 0 fully saturated rings. The maximum Gasteiger partial charge on any atom is 0.229 e. The van der Waals surface area contributed by atoms with Crippen molar-refractivity contribution in [2.45, 2.75) is 0 Å². The molecule has 3 nitrogen and oxygen atoms in total. The van der Waals surface area contributed by atoms with E-state index in [4.69, 9.17) is 11.6 Å². The minimum atomic E-state index is -3.46. The van der Waals surface area contributed by atoms with Crippen LogP contribution in [-0.2, 0) is 10.0 Å². The van der Waals surface area contributed by atoms with Crippen LogP contribution in [0.1, 0.15) is 5.56 Å². The number of hydrogen-bond donors (Lipinski definition) is 1. The van der Waals surface area contributed by atoms with Crippen LogP contribution in [0.4, 0.5) is 4.39 Å². The van der Waals surface area contributed by atoms with Gasteiger partial charge in [0.15, 0.2) is 0 Å². The van der Waals surface area contributed by atoms with Crippen LogP contribution in [0, 0.1) is 0 Å². The fourth-order valence-electron chi connectivity index (χ4n) is 0.917. The highest BCUT2D eigenvalue weighted by molar-refractivity contribution is 9.10. The zero-order chi connectivity index (χ0) is 12.3. The Hall–Kier alpha value is -0.590. The zero-order valence-corrected chi connectivity index (χ0v) is 11.3. The van der Waals surface area contributed by atoms with Crippen molar-refractivity contribution in [1.82, 2.24) is 4.72 Å². The van der Waals surface area contributed by atoms with E-state index in [2.05, 4.69) is 15.9 Å². The summed E-state index contributed by atoms with van der Waals surface area (Å²) in [6.07, 6.45) is 1.70. The molecule has 0 aromatic heterocycles. The highest BCUT2D eigenvalue weighted by atomic mass is 79.9. The normalized spacial score (nSPS) is 12.6. The predicted molar refractivity (Wildman–Crippen MR) is 66.2 cm³/mol. The minimum absolute atomic E-state index is 0.184. The summed E-state index contributed by atoms with van der Waals surface area (Å²) in [6, 6.07) is 4.55. The molecule has 0 amide bonds. The lowest BCUT2D eigenvalue weighted by Crippen LogP contribution is -2.15. The Morgan fingerprint density at radius 3 is 2.75 bits per heavy atom. The van der Waals surface area contributed by atoms with Crippen molar-refractivity contribution in [1.29, 1.82) is 0 Å². The molecule has 0 spiro atoms. The van der Waals surface area contributed by atoms with Crippen LogP contribution >= 0.6 is 27.5 Å². The van der Waals surface area contributed by atoms with Gasteiger partial charge in [-0.3, -0.25) is 4.72 Å². The Morgan fingerprint density at radius 1 is 1.56 bits per heavy atom. The molecule has 88 valence electrons. The first-order valence-electron chi connectivity index (χ1n) is 4.08. The molecule has 0 saturated heterocycles. The van der Waals surface area contributed by atoms with E-state index in [9.17, 15) is 12.8 Å². The molecule has 0 heterocycles. The second kappa shape index (κ2) is 5.16. The van der Waals surface area contributed by atoms with Crippen LogP contribution in [0.3, 0.4) is 0 Å². The van der Waals surface area contributed by atoms with Gasteiger partial charge >= 0.3 is 0 Å². The van der Waals surface area contributed by atoms with Gasteiger partial charge in [-0.1, -0.05) is 27.5 Å². The molecule has 0 unspecified atom stereocenters. The standard InChI is InChI=1S/C9H8BrClFNO2S/c1-16(14,15)13-5-9(12)7-4-6(11)2-3-8(7)10/h2-5,13H,1H3/b9-5+. The maximum absolute atomic E-state index is 13.6. The second-order valence-corrected chi connectivity index (χ2v) is 6.08. The van der Waals surface area contributed by atoms with Gasteiger partial charge in [0.05, 0.1) is 6.26 Å². The summed E-state index contributed by atoms with van der Waals surface area (Å²) >= 11 is 8.83. The lowest BCUT2D eigenvalue weighted by molar-refractivity contribution is 0.596. The Kier molecular flexibility index (Phi) is 4.35. The molecule has 1 N–H and O–H groups in total. The van der Waals surface area contributed by atoms with Crippen LogP contribution in [0.2, 0.25) is 5.02 Å². The summed E-state index contributed by atoms with van der Waals surface area (Å²) < 4.78 is 37.5. The van der Waals surface area contributed by atoms with E-state index >= 15 is 0 Å². The van der Waals surface area contributed by atoms with Crippen molar-refractivity contribution in [3.63, 3.8) is 0 Å². The summed E-state index contributed by atoms with van der Waals surface area (Å²) in [7, 11) is -3.46. The van der Waals surface area contributed by atoms with Crippen molar-refractivity contribution < 1.29 is 12.8 Å². The summed E-state index contributed by atoms with van der Waals surface area (Å²) in [4.78, 5) is 0. The van der Waals surface area contributed by atoms with Gasteiger partial charge in [0.2, 0.25) is 10.0 Å². The quantitative estimate of drug-likeness (QED) is 0.927. The number of benzene rings is 1. The average molecular weight is 329 g/mol. The predicted octanol–water partition coefficient (Wildman–Crippen LogP) is 2.92. The highest BCUT2D eigenvalue weighted by Gasteiger charge is 2.07. The fourth-order valence-corrected chi connectivity index (χ4v) is 1.84. The largest absolute Gasteiger partial charge is 0.288 e. The first-order valence-corrected chi connectivity index (χ1v) is 7.14. The highest BCUT2D eigenvalue weighted by Crippen LogP contribution is 2.27. The van der Waals surface area contributed by atoms with Crippen LogP contribution in [0.5, 0.6) is 0 Å². The molecule has 1 rings (SSSR count). The van der Waals surface area contributed by atoms with E-state index in [0.717, 1.165) is 12.5 Å². The molecule has 16 heavy (non-hydrogen) atoms. The van der Waals surface area contributed by atoms with E-state index in [1.165, 1.54) is 6.07 Å². The maximum atomic E-state index is 13.6. The first kappa shape index (κ1) is 13.5. The molecule has 0 radical (unpaired) electrons. The lowest BCUT2D eigenvalue weighted by Gasteiger charge is -2.03. The van der Waals surface area contributed by atoms with Crippen LogP contribution in [0.25, 0.3) is 5.83 Å². The number of rotatable bonds is 3. The molecule has 1 aromatic rings. The van der Waals surface area contributed by atoms with Crippen LogP contribution in [-0.4, -0.2) is 14.7 Å². The Labute approximate surface area is 106 Å². The van der Waals surface area contributed by atoms with Crippen molar-refractivity contribution >= 4 is 43.4 Å². The molecular weight excluding hydrogens is 321 g/mol. The molecule has 0 aliphatic rings. The molecule has 7 heteroatoms. The SMILES string of the molecule is CS(=O)(=O)N/C=C(/F)c1cc(Cl)ccc1Br. The van der Waals surface area contributed by atoms with Gasteiger partial charge in [0, 0.05) is 21.3 Å². The fraction of sp³-hybridized carbons (Fsp3) is 0.111. The third kappa shape index (κ3) is 4.11. The van der Waals surface area contributed by atoms with E-state index in [0.29, 0.717) is 9.50 Å². The third-order valence-corrected chi connectivity index (χ3v) is 3.06. The molecule has 1 aromatic carbocycles. The second-order valence-electron chi connectivity index (χ2n) is 3.01. The molecule has 0 atom stereocenters. The smallest absolute Gasteiger partial charge is 0.229 e. The van der Waals surface area contributed by atoms with Gasteiger partial charge in [0.25, 0.3) is 0 Å². The topological polar surface area (TPSA) is 46.2 Å². The monoisotopic (exact) mass is 327 g/mol. The Morgan fingerprint density at radius 2 is 2.19 bits per heavy atom. The van der Waals surface area contributed by atoms with Crippen molar-refractivity contribution in [3.05, 3.63) is 39.5 Å². The third-order valence-electron chi connectivity index (χ3n) is 1.59. The summed E-state index contributed by atoms with van der Waals surface area (Å²) in [5.74, 6) is -0.722. The van der Waals surface area contributed by atoms with E-state index in [-0.39, 0.29) is 5.56 Å². The van der Waals surface area contributed by atoms with Gasteiger partial charge in [-0.25, -0.2) is 12.8 Å². The number of nitrogens with one attached hydrogen (secondary N) is 1. The van der Waals surface area contributed by atoms with Gasteiger partial charge in [-0.15, -0.1) is 0 Å². The van der Waals surface area contributed by atoms with Crippen LogP contribution < -0.4 is 4.72 Å². The van der Waals surface area contributed by atoms with E-state index in [1.54, 1.807) is 12.1 Å². The minimum Gasteiger partial charge on any atom is -0.288 e. The molecule has 0 aliphatic heterocycles. The van der Waals surface area contributed by atoms with Crippen molar-refractivity contribution in [3.8, 4) is 0 Å². The molecule has 0 aliphatic carbocycles. The molecular formula is C9H8BrClFNO2S. The van der Waals surface area contributed by atoms with Crippen molar-refractivity contribution in [2.24, 2.45) is 0 Å². The number of sulfonamides is 1. The Bertz CT molecular complexity index is 530. The average Bonchev–Trinajstić information content (AvgIpc) is 2.17. The first-order chi connectivity index (χ1) is 7.29. The van der Waals surface area contributed by atoms with Gasteiger partial charge < -0.3 is 0 Å². The Balaban J connectivity index is 3.04. The summed E-state index contributed by atoms with van der Waals surface area (Å²) in [5, 5.41) is 0.362. The number of halogens is 3.